The number of amides is 1. The zero-order valence-electron chi connectivity index (χ0n) is 6.64. The van der Waals surface area contributed by atoms with Crippen LogP contribution in [0, 0.1) is 17.9 Å². The maximum absolute atomic E-state index is 12.8. The summed E-state index contributed by atoms with van der Waals surface area (Å²) in [5.74, 6) is -3.69. The molecule has 5 heteroatoms. The zero-order chi connectivity index (χ0) is 9.42. The molecule has 2 heterocycles. The van der Waals surface area contributed by atoms with E-state index in [4.69, 9.17) is 0 Å². The summed E-state index contributed by atoms with van der Waals surface area (Å²) in [4.78, 5) is 12.7. The van der Waals surface area contributed by atoms with Crippen LogP contribution in [0.25, 0.3) is 0 Å². The van der Waals surface area contributed by atoms with Crippen molar-refractivity contribution >= 4 is 5.91 Å². The number of nitrogens with zero attached hydrogens (tertiary/aromatic N) is 1. The number of rotatable bonds is 1. The van der Waals surface area contributed by atoms with Gasteiger partial charge in [-0.3, -0.25) is 4.79 Å². The van der Waals surface area contributed by atoms with Crippen LogP contribution in [-0.4, -0.2) is 23.9 Å². The molecule has 0 N–H and O–H groups in total. The Morgan fingerprint density at radius 3 is 2.54 bits per heavy atom. The maximum Gasteiger partial charge on any atom is 0.292 e. The average Bonchev–Trinajstić information content (AvgIpc) is 2.29. The smallest absolute Gasteiger partial charge is 0.292 e. The van der Waals surface area contributed by atoms with E-state index in [1.165, 1.54) is 4.90 Å². The lowest BCUT2D eigenvalue weighted by atomic mass is 10.2. The minimum Gasteiger partial charge on any atom is -0.441 e. The van der Waals surface area contributed by atoms with Gasteiger partial charge in [0.25, 0.3) is 5.91 Å². The fourth-order valence-electron chi connectivity index (χ4n) is 1.09. The van der Waals surface area contributed by atoms with Crippen molar-refractivity contribution in [3.8, 4) is 0 Å². The highest BCUT2D eigenvalue weighted by Gasteiger charge is 2.28. The Morgan fingerprint density at radius 2 is 2.15 bits per heavy atom. The number of hydrogen-bond acceptors (Lipinski definition) is 2. The second-order valence-electron chi connectivity index (χ2n) is 2.81. The lowest BCUT2D eigenvalue weighted by Gasteiger charge is -2.29. The standard InChI is InChI=1S/C8H6F2NO2/c9-5-4-13-7(6(5)10)8(12)11-2-1-3-11/h1-3H2. The van der Waals surface area contributed by atoms with Crippen LogP contribution in [0.5, 0.6) is 0 Å². The van der Waals surface area contributed by atoms with Gasteiger partial charge in [0.05, 0.1) is 0 Å². The minimum absolute atomic E-state index is 0.570. The van der Waals surface area contributed by atoms with Crippen molar-refractivity contribution in [3.05, 3.63) is 23.7 Å². The van der Waals surface area contributed by atoms with E-state index in [9.17, 15) is 13.6 Å². The van der Waals surface area contributed by atoms with Gasteiger partial charge in [0.15, 0.2) is 0 Å². The van der Waals surface area contributed by atoms with Crippen LogP contribution in [0.1, 0.15) is 17.0 Å². The zero-order valence-corrected chi connectivity index (χ0v) is 6.64. The van der Waals surface area contributed by atoms with E-state index >= 15 is 0 Å². The van der Waals surface area contributed by atoms with Gasteiger partial charge in [-0.25, -0.2) is 0 Å². The molecule has 2 rings (SSSR count). The molecular formula is C8H6F2NO2. The van der Waals surface area contributed by atoms with Gasteiger partial charge in [-0.15, -0.1) is 0 Å². The first-order chi connectivity index (χ1) is 6.20. The highest BCUT2D eigenvalue weighted by Crippen LogP contribution is 2.18. The number of carbonyl (C=O) groups is 1. The summed E-state index contributed by atoms with van der Waals surface area (Å²) in [6.45, 7) is 1.14. The summed E-state index contributed by atoms with van der Waals surface area (Å²) < 4.78 is 29.5. The fraction of sp³-hybridized carbons (Fsp3) is 0.375. The number of furan rings is 1. The second kappa shape index (κ2) is 2.83. The molecule has 0 atom stereocenters. The molecular weight excluding hydrogens is 180 g/mol. The topological polar surface area (TPSA) is 33.5 Å². The van der Waals surface area contributed by atoms with Gasteiger partial charge in [-0.05, 0) is 6.42 Å². The lowest BCUT2D eigenvalue weighted by molar-refractivity contribution is 0.0611. The third kappa shape index (κ3) is 1.20. The molecule has 0 bridgehead atoms. The van der Waals surface area contributed by atoms with Gasteiger partial charge >= 0.3 is 0 Å². The molecule has 0 aliphatic carbocycles. The molecule has 1 fully saturated rings. The Hall–Kier alpha value is -1.39. The SMILES string of the molecule is O=C(c1o[c]c(F)c1F)N1CCC1. The molecule has 69 valence electrons. The molecule has 1 aromatic rings. The Morgan fingerprint density at radius 1 is 1.46 bits per heavy atom. The largest absolute Gasteiger partial charge is 0.441 e. The average molecular weight is 186 g/mol. The number of halogens is 2. The predicted octanol–water partition coefficient (Wildman–Crippen LogP) is 1.20. The summed E-state index contributed by atoms with van der Waals surface area (Å²) in [6, 6.07) is 0. The van der Waals surface area contributed by atoms with Gasteiger partial charge in [0.2, 0.25) is 23.7 Å². The normalized spacial score (nSPS) is 15.7. The Labute approximate surface area is 72.9 Å². The Bertz CT molecular complexity index is 344. The van der Waals surface area contributed by atoms with Gasteiger partial charge in [0.1, 0.15) is 0 Å². The predicted molar refractivity (Wildman–Crippen MR) is 38.0 cm³/mol. The summed E-state index contributed by atoms with van der Waals surface area (Å²) >= 11 is 0. The van der Waals surface area contributed by atoms with Crippen molar-refractivity contribution in [3.63, 3.8) is 0 Å². The van der Waals surface area contributed by atoms with E-state index in [0.717, 1.165) is 6.42 Å². The van der Waals surface area contributed by atoms with E-state index in [1.807, 2.05) is 0 Å². The first-order valence-electron chi connectivity index (χ1n) is 3.85. The van der Waals surface area contributed by atoms with Crippen LogP contribution in [0.4, 0.5) is 8.78 Å². The molecule has 1 radical (unpaired) electrons. The van der Waals surface area contributed by atoms with Crippen molar-refractivity contribution < 1.29 is 18.0 Å². The number of hydrogen-bond donors (Lipinski definition) is 0. The van der Waals surface area contributed by atoms with E-state index in [1.54, 1.807) is 6.26 Å². The van der Waals surface area contributed by atoms with Crippen LogP contribution in [0.15, 0.2) is 4.42 Å². The van der Waals surface area contributed by atoms with Gasteiger partial charge < -0.3 is 9.32 Å². The quantitative estimate of drug-likeness (QED) is 0.660. The van der Waals surface area contributed by atoms with Crippen LogP contribution in [-0.2, 0) is 0 Å². The van der Waals surface area contributed by atoms with Crippen molar-refractivity contribution in [1.82, 2.24) is 4.90 Å². The molecule has 1 amide bonds. The third-order valence-electron chi connectivity index (χ3n) is 1.97. The molecule has 0 unspecified atom stereocenters. The maximum atomic E-state index is 12.8. The Kier molecular flexibility index (Phi) is 1.79. The molecule has 1 aliphatic rings. The first kappa shape index (κ1) is 8.22. The van der Waals surface area contributed by atoms with Crippen LogP contribution in [0.2, 0.25) is 0 Å². The van der Waals surface area contributed by atoms with E-state index in [0.29, 0.717) is 13.1 Å². The van der Waals surface area contributed by atoms with Crippen molar-refractivity contribution in [2.45, 2.75) is 6.42 Å². The molecule has 0 aromatic carbocycles. The van der Waals surface area contributed by atoms with Gasteiger partial charge in [-0.1, -0.05) is 0 Å². The van der Waals surface area contributed by atoms with E-state index in [2.05, 4.69) is 4.42 Å². The summed E-state index contributed by atoms with van der Waals surface area (Å²) in [6.07, 6.45) is 2.55. The van der Waals surface area contributed by atoms with Gasteiger partial charge in [0, 0.05) is 13.1 Å². The summed E-state index contributed by atoms with van der Waals surface area (Å²) in [5, 5.41) is 0. The van der Waals surface area contributed by atoms with Crippen molar-refractivity contribution in [2.24, 2.45) is 0 Å². The number of carbonyl (C=O) groups excluding carboxylic acids is 1. The van der Waals surface area contributed by atoms with Crippen LogP contribution in [0.3, 0.4) is 0 Å². The first-order valence-corrected chi connectivity index (χ1v) is 3.85. The Balaban J connectivity index is 2.24. The molecule has 1 aliphatic heterocycles. The monoisotopic (exact) mass is 186 g/mol. The molecule has 13 heavy (non-hydrogen) atoms. The highest BCUT2D eigenvalue weighted by molar-refractivity contribution is 5.92. The molecule has 0 spiro atoms. The number of likely N-dealkylation sites (tertiary alicyclic amines) is 1. The van der Waals surface area contributed by atoms with Crippen molar-refractivity contribution in [1.29, 1.82) is 0 Å². The molecule has 1 saturated heterocycles. The third-order valence-corrected chi connectivity index (χ3v) is 1.97. The fourth-order valence-corrected chi connectivity index (χ4v) is 1.09. The minimum atomic E-state index is -1.25. The van der Waals surface area contributed by atoms with E-state index in [-0.39, 0.29) is 0 Å². The lowest BCUT2D eigenvalue weighted by Crippen LogP contribution is -2.42. The molecule has 1 aromatic heterocycles. The second-order valence-corrected chi connectivity index (χ2v) is 2.81. The summed E-state index contributed by atoms with van der Waals surface area (Å²) in [5.41, 5.74) is 0. The van der Waals surface area contributed by atoms with Crippen LogP contribution >= 0.6 is 0 Å². The summed E-state index contributed by atoms with van der Waals surface area (Å²) in [7, 11) is 0. The molecule has 3 nitrogen and oxygen atoms in total. The van der Waals surface area contributed by atoms with Crippen LogP contribution < -0.4 is 0 Å². The highest BCUT2D eigenvalue weighted by atomic mass is 19.2. The van der Waals surface area contributed by atoms with Crippen molar-refractivity contribution in [2.75, 3.05) is 13.1 Å². The van der Waals surface area contributed by atoms with Gasteiger partial charge in [-0.2, -0.15) is 8.78 Å². The van der Waals surface area contributed by atoms with E-state index < -0.39 is 23.3 Å². The molecule has 0 saturated carbocycles.